The van der Waals surface area contributed by atoms with Crippen LogP contribution in [0, 0.1) is 13.8 Å². The van der Waals surface area contributed by atoms with Crippen molar-refractivity contribution in [1.29, 1.82) is 0 Å². The highest BCUT2D eigenvalue weighted by atomic mass is 32.2. The summed E-state index contributed by atoms with van der Waals surface area (Å²) in [5.74, 6) is -1.22. The molecule has 0 atom stereocenters. The average molecular weight is 296 g/mol. The van der Waals surface area contributed by atoms with E-state index in [2.05, 4.69) is 19.9 Å². The van der Waals surface area contributed by atoms with E-state index in [9.17, 15) is 13.2 Å². The number of nitrogens with zero attached hydrogens (tertiary/aromatic N) is 2. The second kappa shape index (κ2) is 4.93. The third-order valence-corrected chi connectivity index (χ3v) is 4.17. The van der Waals surface area contributed by atoms with Gasteiger partial charge in [-0.25, -0.2) is 23.0 Å². The van der Waals surface area contributed by atoms with Crippen LogP contribution in [0.15, 0.2) is 23.4 Å². The first-order valence-corrected chi connectivity index (χ1v) is 7.02. The van der Waals surface area contributed by atoms with E-state index in [-0.39, 0.29) is 16.4 Å². The molecule has 0 saturated heterocycles. The number of hydrogen-bond donors (Lipinski definition) is 3. The monoisotopic (exact) mass is 296 g/mol. The molecule has 2 rings (SSSR count). The van der Waals surface area contributed by atoms with Crippen molar-refractivity contribution in [2.45, 2.75) is 18.7 Å². The molecule has 0 spiro atoms. The van der Waals surface area contributed by atoms with Gasteiger partial charge >= 0.3 is 5.97 Å². The Balaban J connectivity index is 2.51. The van der Waals surface area contributed by atoms with Crippen molar-refractivity contribution >= 4 is 21.9 Å². The maximum absolute atomic E-state index is 12.2. The highest BCUT2D eigenvalue weighted by Gasteiger charge is 2.21. The molecule has 0 unspecified atom stereocenters. The molecule has 0 aliphatic rings. The Bertz CT molecular complexity index is 753. The van der Waals surface area contributed by atoms with Crippen LogP contribution >= 0.6 is 0 Å². The van der Waals surface area contributed by atoms with Gasteiger partial charge in [0, 0.05) is 0 Å². The van der Waals surface area contributed by atoms with Gasteiger partial charge in [0.2, 0.25) is 5.95 Å². The van der Waals surface area contributed by atoms with Crippen LogP contribution < -0.4 is 4.72 Å². The summed E-state index contributed by atoms with van der Waals surface area (Å²) < 4.78 is 26.6. The van der Waals surface area contributed by atoms with Crippen LogP contribution in [0.4, 0.5) is 5.95 Å². The highest BCUT2D eigenvalue weighted by Crippen LogP contribution is 2.22. The van der Waals surface area contributed by atoms with Crippen LogP contribution in [0.25, 0.3) is 0 Å². The van der Waals surface area contributed by atoms with E-state index in [1.165, 1.54) is 6.07 Å². The van der Waals surface area contributed by atoms with E-state index >= 15 is 0 Å². The van der Waals surface area contributed by atoms with E-state index < -0.39 is 16.0 Å². The smallest absolute Gasteiger partial charge is 0.335 e. The van der Waals surface area contributed by atoms with Crippen LogP contribution in [-0.4, -0.2) is 34.7 Å². The molecule has 106 valence electrons. The third kappa shape index (κ3) is 2.62. The molecule has 0 amide bonds. The molecule has 0 saturated carbocycles. The van der Waals surface area contributed by atoms with Crippen molar-refractivity contribution in [3.63, 3.8) is 0 Å². The number of carboxylic acids is 1. The summed E-state index contributed by atoms with van der Waals surface area (Å²) >= 11 is 0. The molecule has 0 fully saturated rings. The highest BCUT2D eigenvalue weighted by molar-refractivity contribution is 7.92. The number of sulfonamides is 1. The molecule has 0 aliphatic heterocycles. The molecular formula is C11H12N4O4S. The van der Waals surface area contributed by atoms with Crippen molar-refractivity contribution in [2.75, 3.05) is 4.72 Å². The molecule has 9 heteroatoms. The second-order valence-electron chi connectivity index (χ2n) is 4.18. The molecular weight excluding hydrogens is 284 g/mol. The lowest BCUT2D eigenvalue weighted by molar-refractivity contribution is 0.0696. The molecule has 0 radical (unpaired) electrons. The summed E-state index contributed by atoms with van der Waals surface area (Å²) in [5.41, 5.74) is 0.877. The Labute approximate surface area is 114 Å². The molecule has 1 heterocycles. The van der Waals surface area contributed by atoms with Crippen LogP contribution in [-0.2, 0) is 10.0 Å². The third-order valence-electron chi connectivity index (χ3n) is 2.69. The number of aromatic carboxylic acids is 1. The number of anilines is 1. The fourth-order valence-corrected chi connectivity index (χ4v) is 3.01. The normalized spacial score (nSPS) is 11.3. The number of aromatic amines is 1. The maximum Gasteiger partial charge on any atom is 0.335 e. The number of aryl methyl sites for hydroxylation is 2. The fraction of sp³-hybridized carbons (Fsp3) is 0.182. The molecule has 0 aliphatic carbocycles. The molecule has 2 aromatic rings. The van der Waals surface area contributed by atoms with Gasteiger partial charge in [0.1, 0.15) is 6.33 Å². The summed E-state index contributed by atoms with van der Waals surface area (Å²) in [4.78, 5) is 14.6. The maximum atomic E-state index is 12.2. The quantitative estimate of drug-likeness (QED) is 0.770. The van der Waals surface area contributed by atoms with E-state index in [0.29, 0.717) is 11.1 Å². The molecule has 1 aromatic heterocycles. The molecule has 8 nitrogen and oxygen atoms in total. The van der Waals surface area contributed by atoms with Crippen LogP contribution in [0.5, 0.6) is 0 Å². The predicted molar refractivity (Wildman–Crippen MR) is 70.1 cm³/mol. The number of aromatic nitrogens is 3. The zero-order chi connectivity index (χ0) is 14.9. The van der Waals surface area contributed by atoms with Crippen molar-refractivity contribution in [3.8, 4) is 0 Å². The Morgan fingerprint density at radius 2 is 2.00 bits per heavy atom. The zero-order valence-corrected chi connectivity index (χ0v) is 11.5. The Morgan fingerprint density at radius 3 is 2.55 bits per heavy atom. The van der Waals surface area contributed by atoms with E-state index in [4.69, 9.17) is 5.11 Å². The van der Waals surface area contributed by atoms with Gasteiger partial charge in [0.15, 0.2) is 0 Å². The van der Waals surface area contributed by atoms with Gasteiger partial charge in [-0.05, 0) is 31.0 Å². The molecule has 1 aromatic carbocycles. The van der Waals surface area contributed by atoms with E-state index in [0.717, 1.165) is 12.4 Å². The topological polar surface area (TPSA) is 125 Å². The van der Waals surface area contributed by atoms with Crippen molar-refractivity contribution in [1.82, 2.24) is 15.2 Å². The lowest BCUT2D eigenvalue weighted by atomic mass is 10.1. The zero-order valence-electron chi connectivity index (χ0n) is 10.7. The number of hydrogen-bond acceptors (Lipinski definition) is 5. The Morgan fingerprint density at radius 1 is 1.30 bits per heavy atom. The lowest BCUT2D eigenvalue weighted by Crippen LogP contribution is -2.16. The first-order chi connectivity index (χ1) is 9.31. The first-order valence-electron chi connectivity index (χ1n) is 5.54. The fourth-order valence-electron chi connectivity index (χ4n) is 1.79. The Kier molecular flexibility index (Phi) is 3.45. The minimum absolute atomic E-state index is 0.0400. The van der Waals surface area contributed by atoms with Crippen molar-refractivity contribution < 1.29 is 18.3 Å². The molecule has 20 heavy (non-hydrogen) atoms. The van der Waals surface area contributed by atoms with Crippen LogP contribution in [0.3, 0.4) is 0 Å². The number of carboxylic acid groups (broad SMARTS) is 1. The van der Waals surface area contributed by atoms with Gasteiger partial charge in [-0.2, -0.15) is 10.1 Å². The van der Waals surface area contributed by atoms with Crippen LogP contribution in [0.1, 0.15) is 21.5 Å². The van der Waals surface area contributed by atoms with Crippen molar-refractivity contribution in [2.24, 2.45) is 0 Å². The van der Waals surface area contributed by atoms with Gasteiger partial charge in [0.25, 0.3) is 10.0 Å². The minimum atomic E-state index is -3.93. The minimum Gasteiger partial charge on any atom is -0.478 e. The average Bonchev–Trinajstić information content (AvgIpc) is 2.79. The summed E-state index contributed by atoms with van der Waals surface area (Å²) in [7, 11) is -3.93. The standard InChI is InChI=1S/C11H12N4O4S/c1-6-3-7(2)9(4-8(6)10(16)17)20(18,19)15-11-12-5-13-14-11/h3-5H,1-2H3,(H,16,17)(H2,12,13,14,15). The summed E-state index contributed by atoms with van der Waals surface area (Å²) in [5, 5.41) is 14.9. The number of carbonyl (C=O) groups is 1. The first kappa shape index (κ1) is 14.0. The number of benzene rings is 1. The Hall–Kier alpha value is -2.42. The number of nitrogens with one attached hydrogen (secondary N) is 2. The van der Waals surface area contributed by atoms with Gasteiger partial charge in [0.05, 0.1) is 10.5 Å². The van der Waals surface area contributed by atoms with Crippen molar-refractivity contribution in [3.05, 3.63) is 35.2 Å². The van der Waals surface area contributed by atoms with Gasteiger partial charge in [-0.1, -0.05) is 6.07 Å². The summed E-state index contributed by atoms with van der Waals surface area (Å²) in [6, 6.07) is 2.64. The molecule has 0 bridgehead atoms. The van der Waals surface area contributed by atoms with Gasteiger partial charge in [-0.3, -0.25) is 0 Å². The number of H-pyrrole nitrogens is 1. The van der Waals surface area contributed by atoms with Crippen LogP contribution in [0.2, 0.25) is 0 Å². The van der Waals surface area contributed by atoms with Gasteiger partial charge < -0.3 is 5.11 Å². The summed E-state index contributed by atoms with van der Waals surface area (Å²) in [6.07, 6.45) is 1.16. The molecule has 3 N–H and O–H groups in total. The largest absolute Gasteiger partial charge is 0.478 e. The van der Waals surface area contributed by atoms with Gasteiger partial charge in [-0.15, -0.1) is 0 Å². The SMILES string of the molecule is Cc1cc(C)c(S(=O)(=O)Nc2ncn[nH]2)cc1C(=O)O. The van der Waals surface area contributed by atoms with E-state index in [1.54, 1.807) is 13.8 Å². The summed E-state index contributed by atoms with van der Waals surface area (Å²) in [6.45, 7) is 3.20. The van der Waals surface area contributed by atoms with E-state index in [1.807, 2.05) is 0 Å². The number of rotatable bonds is 4. The predicted octanol–water partition coefficient (Wildman–Crippen LogP) is 0.921. The second-order valence-corrected chi connectivity index (χ2v) is 5.83. The lowest BCUT2D eigenvalue weighted by Gasteiger charge is -2.11.